The first-order chi connectivity index (χ1) is 11.7. The fraction of sp³-hybridized carbons (Fsp3) is 0.368. The minimum absolute atomic E-state index is 0.0303. The fourth-order valence-corrected chi connectivity index (χ4v) is 4.21. The quantitative estimate of drug-likeness (QED) is 0.343. The van der Waals surface area contributed by atoms with Crippen LogP contribution in [0, 0.1) is 6.92 Å². The van der Waals surface area contributed by atoms with Gasteiger partial charge in [-0.15, -0.1) is 0 Å². The Balaban J connectivity index is 2.85. The van der Waals surface area contributed by atoms with Gasteiger partial charge in [-0.2, -0.15) is 0 Å². The van der Waals surface area contributed by atoms with Crippen LogP contribution in [0.25, 0.3) is 11.1 Å². The number of benzene rings is 2. The van der Waals surface area contributed by atoms with Gasteiger partial charge in [0.25, 0.3) is 0 Å². The Bertz CT molecular complexity index is 767. The molecule has 0 unspecified atom stereocenters. The fourth-order valence-electron chi connectivity index (χ4n) is 2.85. The first kappa shape index (κ1) is 20.5. The third-order valence-electron chi connectivity index (χ3n) is 4.03. The Hall–Kier alpha value is -0.850. The van der Waals surface area contributed by atoms with Crippen molar-refractivity contribution in [3.8, 4) is 28.4 Å². The summed E-state index contributed by atoms with van der Waals surface area (Å²) in [6.07, 6.45) is 0. The highest BCUT2D eigenvalue weighted by atomic mass is 127. The molecule has 2 aromatic carbocycles. The van der Waals surface area contributed by atoms with Gasteiger partial charge in [-0.25, -0.2) is 0 Å². The van der Waals surface area contributed by atoms with E-state index in [2.05, 4.69) is 55.5 Å². The lowest BCUT2D eigenvalue weighted by molar-refractivity contribution is 0.325. The minimum atomic E-state index is -0.0303. The monoisotopic (exact) mass is 494 g/mol. The number of hydrogen-bond donors (Lipinski definition) is 0. The zero-order valence-corrected chi connectivity index (χ0v) is 18.8. The Morgan fingerprint density at radius 3 is 1.76 bits per heavy atom. The molecule has 2 rings (SSSR count). The average Bonchev–Trinajstić information content (AvgIpc) is 2.54. The van der Waals surface area contributed by atoms with Crippen molar-refractivity contribution in [1.82, 2.24) is 0 Å². The van der Waals surface area contributed by atoms with E-state index in [9.17, 15) is 0 Å². The van der Waals surface area contributed by atoms with Crippen LogP contribution in [0.4, 0.5) is 0 Å². The zero-order valence-electron chi connectivity index (χ0n) is 15.1. The number of methoxy groups -OCH3 is 3. The molecule has 0 aliphatic heterocycles. The highest BCUT2D eigenvalue weighted by Crippen LogP contribution is 2.53. The molecule has 6 heteroatoms. The van der Waals surface area contributed by atoms with Gasteiger partial charge in [0.15, 0.2) is 11.5 Å². The van der Waals surface area contributed by atoms with Crippen molar-refractivity contribution in [2.24, 2.45) is 0 Å². The van der Waals surface area contributed by atoms with Gasteiger partial charge in [0.05, 0.1) is 31.4 Å². The summed E-state index contributed by atoms with van der Waals surface area (Å²) in [4.78, 5) is 0. The topological polar surface area (TPSA) is 27.7 Å². The van der Waals surface area contributed by atoms with Gasteiger partial charge in [-0.05, 0) is 43.5 Å². The molecule has 25 heavy (non-hydrogen) atoms. The summed E-state index contributed by atoms with van der Waals surface area (Å²) >= 11 is 15.7. The van der Waals surface area contributed by atoms with Crippen LogP contribution in [0.1, 0.15) is 25.0 Å². The molecule has 136 valence electrons. The van der Waals surface area contributed by atoms with Crippen LogP contribution in [-0.2, 0) is 3.42 Å². The molecular weight excluding hydrogens is 474 g/mol. The number of ether oxygens (including phenoxy) is 3. The average molecular weight is 495 g/mol. The summed E-state index contributed by atoms with van der Waals surface area (Å²) in [6.45, 7) is 6.42. The maximum Gasteiger partial charge on any atom is 0.206 e. The Labute approximate surface area is 172 Å². The lowest BCUT2D eigenvalue weighted by atomic mass is 9.93. The molecule has 0 N–H and O–H groups in total. The maximum absolute atomic E-state index is 6.62. The Morgan fingerprint density at radius 2 is 1.36 bits per heavy atom. The molecule has 3 nitrogen and oxygen atoms in total. The van der Waals surface area contributed by atoms with Crippen LogP contribution in [0.3, 0.4) is 0 Å². The summed E-state index contributed by atoms with van der Waals surface area (Å²) in [5.41, 5.74) is 3.99. The highest BCUT2D eigenvalue weighted by molar-refractivity contribution is 14.1. The van der Waals surface area contributed by atoms with Crippen LogP contribution in [0.5, 0.6) is 17.2 Å². The largest absolute Gasteiger partial charge is 0.491 e. The van der Waals surface area contributed by atoms with Crippen molar-refractivity contribution in [2.75, 3.05) is 21.3 Å². The molecular formula is C19H21Cl2IO3. The number of hydrogen-bond acceptors (Lipinski definition) is 3. The summed E-state index contributed by atoms with van der Waals surface area (Å²) in [5, 5.41) is 0.789. The van der Waals surface area contributed by atoms with Crippen LogP contribution in [0.15, 0.2) is 18.2 Å². The molecule has 0 bridgehead atoms. The maximum atomic E-state index is 6.62. The van der Waals surface area contributed by atoms with Crippen LogP contribution in [0.2, 0.25) is 10.0 Å². The molecule has 0 atom stereocenters. The third kappa shape index (κ3) is 3.81. The van der Waals surface area contributed by atoms with Crippen molar-refractivity contribution in [2.45, 2.75) is 24.2 Å². The molecule has 0 aliphatic carbocycles. The second-order valence-electron chi connectivity index (χ2n) is 6.10. The lowest BCUT2D eigenvalue weighted by Crippen LogP contribution is -2.09. The standard InChI is InChI=1S/C19H21Cl2IO3/c1-10-7-8-11(9-12(10)19(2,3)22)13-14(20)16(23-4)18(25-6)17(24-5)15(13)21/h7-9H,1-6H3. The smallest absolute Gasteiger partial charge is 0.206 e. The molecule has 0 heterocycles. The number of halogens is 3. The third-order valence-corrected chi connectivity index (χ3v) is 5.33. The van der Waals surface area contributed by atoms with E-state index < -0.39 is 0 Å². The second kappa shape index (κ2) is 7.80. The molecule has 0 radical (unpaired) electrons. The number of aryl methyl sites for hydroxylation is 1. The van der Waals surface area contributed by atoms with Gasteiger partial charge in [-0.3, -0.25) is 0 Å². The predicted molar refractivity (Wildman–Crippen MR) is 113 cm³/mol. The summed E-state index contributed by atoms with van der Waals surface area (Å²) in [6, 6.07) is 6.18. The van der Waals surface area contributed by atoms with E-state index >= 15 is 0 Å². The lowest BCUT2D eigenvalue weighted by Gasteiger charge is -2.23. The van der Waals surface area contributed by atoms with E-state index in [4.69, 9.17) is 37.4 Å². The van der Waals surface area contributed by atoms with Crippen molar-refractivity contribution in [3.63, 3.8) is 0 Å². The van der Waals surface area contributed by atoms with E-state index in [0.717, 1.165) is 5.56 Å². The number of alkyl halides is 1. The first-order valence-electron chi connectivity index (χ1n) is 7.64. The van der Waals surface area contributed by atoms with Gasteiger partial charge in [0.2, 0.25) is 5.75 Å². The first-order valence-corrected chi connectivity index (χ1v) is 9.48. The number of rotatable bonds is 5. The summed E-state index contributed by atoms with van der Waals surface area (Å²) in [5.74, 6) is 1.18. The SMILES string of the molecule is COc1c(Cl)c(-c2ccc(C)c(C(C)(C)I)c2)c(Cl)c(OC)c1OC. The van der Waals surface area contributed by atoms with Crippen LogP contribution in [-0.4, -0.2) is 21.3 Å². The predicted octanol–water partition coefficient (Wildman–Crippen LogP) is 6.66. The molecule has 0 amide bonds. The molecule has 0 aromatic heterocycles. The van der Waals surface area contributed by atoms with Gasteiger partial charge in [-0.1, -0.05) is 57.9 Å². The van der Waals surface area contributed by atoms with Gasteiger partial charge in [0, 0.05) is 8.99 Å². The molecule has 2 aromatic rings. The van der Waals surface area contributed by atoms with E-state index in [1.165, 1.54) is 32.5 Å². The van der Waals surface area contributed by atoms with Crippen molar-refractivity contribution < 1.29 is 14.2 Å². The van der Waals surface area contributed by atoms with E-state index in [-0.39, 0.29) is 3.42 Å². The summed E-state index contributed by atoms with van der Waals surface area (Å²) < 4.78 is 16.3. The Morgan fingerprint density at radius 1 is 0.880 bits per heavy atom. The van der Waals surface area contributed by atoms with Crippen molar-refractivity contribution in [1.29, 1.82) is 0 Å². The molecule has 0 saturated heterocycles. The van der Waals surface area contributed by atoms with E-state index in [1.54, 1.807) is 0 Å². The van der Waals surface area contributed by atoms with Crippen molar-refractivity contribution in [3.05, 3.63) is 39.4 Å². The minimum Gasteiger partial charge on any atom is -0.491 e. The van der Waals surface area contributed by atoms with Crippen molar-refractivity contribution >= 4 is 45.8 Å². The van der Waals surface area contributed by atoms with E-state index in [0.29, 0.717) is 32.9 Å². The second-order valence-corrected chi connectivity index (χ2v) is 9.56. The summed E-state index contributed by atoms with van der Waals surface area (Å²) in [7, 11) is 4.60. The van der Waals surface area contributed by atoms with E-state index in [1.807, 2.05) is 6.07 Å². The van der Waals surface area contributed by atoms with Gasteiger partial charge < -0.3 is 14.2 Å². The van der Waals surface area contributed by atoms with Crippen LogP contribution < -0.4 is 14.2 Å². The highest BCUT2D eigenvalue weighted by Gasteiger charge is 2.27. The van der Waals surface area contributed by atoms with Crippen LogP contribution >= 0.6 is 45.8 Å². The normalized spacial score (nSPS) is 11.4. The molecule has 0 fully saturated rings. The Kier molecular flexibility index (Phi) is 6.39. The molecule has 0 aliphatic rings. The van der Waals surface area contributed by atoms with Gasteiger partial charge in [0.1, 0.15) is 0 Å². The van der Waals surface area contributed by atoms with Gasteiger partial charge >= 0.3 is 0 Å². The molecule has 0 saturated carbocycles. The zero-order chi connectivity index (χ0) is 18.9. The molecule has 0 spiro atoms.